The summed E-state index contributed by atoms with van der Waals surface area (Å²) in [6.45, 7) is 4.75. The molecule has 11 heteroatoms. The summed E-state index contributed by atoms with van der Waals surface area (Å²) >= 11 is 1.20. The van der Waals surface area contributed by atoms with Gasteiger partial charge in [-0.3, -0.25) is 19.6 Å². The summed E-state index contributed by atoms with van der Waals surface area (Å²) in [4.78, 5) is 35.9. The summed E-state index contributed by atoms with van der Waals surface area (Å²) in [6.07, 6.45) is 2.73. The van der Waals surface area contributed by atoms with E-state index in [-0.39, 0.29) is 46.5 Å². The standard InChI is InChI=1S/C27H26F2N6O2S/c1-15-23-26(2,34-25(31)38-27(15,23)24(37)35-9-7-22(36)32-8-10-35)18-11-16(3-5-19(18)28)12-20(29)21-6-4-17(13-30)14-33-21/h3-6,11-12,14-15,23H,7-10H2,1-2H3,(H2,31,34)(H,32,36)/b20-12-/t15?,23?,26-,27+/m1/s1. The second-order valence-corrected chi connectivity index (χ2v) is 11.2. The van der Waals surface area contributed by atoms with Crippen molar-refractivity contribution in [3.8, 4) is 6.07 Å². The lowest BCUT2D eigenvalue weighted by atomic mass is 9.84. The van der Waals surface area contributed by atoms with Crippen molar-refractivity contribution in [2.24, 2.45) is 22.6 Å². The molecule has 2 fully saturated rings. The first kappa shape index (κ1) is 25.9. The van der Waals surface area contributed by atoms with Crippen LogP contribution < -0.4 is 11.1 Å². The van der Waals surface area contributed by atoms with Crippen LogP contribution in [0.4, 0.5) is 8.78 Å². The number of pyridine rings is 1. The predicted octanol–water partition coefficient (Wildman–Crippen LogP) is 3.19. The van der Waals surface area contributed by atoms with Gasteiger partial charge in [0.2, 0.25) is 11.8 Å². The first-order valence-corrected chi connectivity index (χ1v) is 13.1. The summed E-state index contributed by atoms with van der Waals surface area (Å²) in [5.41, 5.74) is 6.05. The van der Waals surface area contributed by atoms with Crippen LogP contribution in [0, 0.1) is 29.0 Å². The van der Waals surface area contributed by atoms with Crippen molar-refractivity contribution >= 4 is 40.6 Å². The van der Waals surface area contributed by atoms with Crippen LogP contribution in [-0.2, 0) is 15.1 Å². The van der Waals surface area contributed by atoms with Gasteiger partial charge in [0, 0.05) is 43.7 Å². The molecule has 8 nitrogen and oxygen atoms in total. The summed E-state index contributed by atoms with van der Waals surface area (Å²) in [5.74, 6) is -1.93. The van der Waals surface area contributed by atoms with E-state index >= 15 is 4.39 Å². The Kier molecular flexibility index (Phi) is 6.47. The second kappa shape index (κ2) is 9.51. The number of aromatic nitrogens is 1. The van der Waals surface area contributed by atoms with Gasteiger partial charge in [0.1, 0.15) is 22.5 Å². The molecule has 3 aliphatic rings. The number of aliphatic imine (C=N–C) groups is 1. The number of thioether (sulfide) groups is 1. The number of nitrogens with zero attached hydrogens (tertiary/aromatic N) is 4. The van der Waals surface area contributed by atoms with Gasteiger partial charge in [-0.2, -0.15) is 5.26 Å². The van der Waals surface area contributed by atoms with E-state index in [1.54, 1.807) is 11.8 Å². The number of amidine groups is 1. The number of nitrogens with one attached hydrogen (secondary N) is 1. The molecule has 0 bridgehead atoms. The fourth-order valence-electron chi connectivity index (χ4n) is 5.74. The van der Waals surface area contributed by atoms with Gasteiger partial charge in [0.15, 0.2) is 5.17 Å². The highest BCUT2D eigenvalue weighted by molar-refractivity contribution is 8.15. The minimum absolute atomic E-state index is 0.0447. The Labute approximate surface area is 223 Å². The number of benzene rings is 1. The fraction of sp³-hybridized carbons (Fsp3) is 0.370. The van der Waals surface area contributed by atoms with Crippen molar-refractivity contribution < 1.29 is 18.4 Å². The molecule has 4 atom stereocenters. The minimum Gasteiger partial charge on any atom is -0.378 e. The van der Waals surface area contributed by atoms with Crippen molar-refractivity contribution in [3.63, 3.8) is 0 Å². The topological polar surface area (TPSA) is 124 Å². The van der Waals surface area contributed by atoms with Gasteiger partial charge >= 0.3 is 0 Å². The van der Waals surface area contributed by atoms with Gasteiger partial charge in [-0.15, -0.1) is 0 Å². The smallest absolute Gasteiger partial charge is 0.240 e. The summed E-state index contributed by atoms with van der Waals surface area (Å²) in [6, 6.07) is 9.03. The van der Waals surface area contributed by atoms with Gasteiger partial charge in [0.25, 0.3) is 0 Å². The zero-order valence-electron chi connectivity index (χ0n) is 20.9. The zero-order chi connectivity index (χ0) is 27.2. The summed E-state index contributed by atoms with van der Waals surface area (Å²) in [7, 11) is 0. The number of carbonyl (C=O) groups excluding carboxylic acids is 2. The van der Waals surface area contributed by atoms with Crippen molar-refractivity contribution in [2.45, 2.75) is 30.6 Å². The number of nitrogens with two attached hydrogens (primary N) is 1. The summed E-state index contributed by atoms with van der Waals surface area (Å²) < 4.78 is 29.4. The Morgan fingerprint density at radius 3 is 2.84 bits per heavy atom. The van der Waals surface area contributed by atoms with Crippen molar-refractivity contribution in [1.82, 2.24) is 15.2 Å². The lowest BCUT2D eigenvalue weighted by Crippen LogP contribution is -2.47. The average molecular weight is 537 g/mol. The molecule has 1 aromatic carbocycles. The molecule has 0 radical (unpaired) electrons. The van der Waals surface area contributed by atoms with Crippen LogP contribution in [-0.4, -0.2) is 51.2 Å². The fourth-order valence-corrected chi connectivity index (χ4v) is 7.36. The minimum atomic E-state index is -1.17. The first-order chi connectivity index (χ1) is 18.1. The number of hydrogen-bond donors (Lipinski definition) is 2. The molecular formula is C27H26F2N6O2S. The quantitative estimate of drug-likeness (QED) is 0.619. The Morgan fingerprint density at radius 1 is 1.34 bits per heavy atom. The van der Waals surface area contributed by atoms with Crippen LogP contribution >= 0.6 is 11.8 Å². The predicted molar refractivity (Wildman–Crippen MR) is 140 cm³/mol. The second-order valence-electron chi connectivity index (χ2n) is 9.93. The molecule has 3 N–H and O–H groups in total. The van der Waals surface area contributed by atoms with E-state index in [2.05, 4.69) is 15.3 Å². The normalized spacial score (nSPS) is 28.9. The highest BCUT2D eigenvalue weighted by Crippen LogP contribution is 2.70. The highest BCUT2D eigenvalue weighted by Gasteiger charge is 2.76. The van der Waals surface area contributed by atoms with E-state index in [4.69, 9.17) is 11.0 Å². The average Bonchev–Trinajstić information content (AvgIpc) is 3.57. The van der Waals surface area contributed by atoms with Crippen molar-refractivity contribution in [2.75, 3.05) is 19.6 Å². The maximum absolute atomic E-state index is 15.4. The Hall–Kier alpha value is -3.78. The van der Waals surface area contributed by atoms with Crippen LogP contribution in [0.2, 0.25) is 0 Å². The molecule has 2 aliphatic heterocycles. The van der Waals surface area contributed by atoms with Crippen LogP contribution in [0.15, 0.2) is 41.5 Å². The van der Waals surface area contributed by atoms with Gasteiger partial charge in [0.05, 0.1) is 16.8 Å². The number of rotatable bonds is 4. The number of amides is 2. The Morgan fingerprint density at radius 2 is 2.13 bits per heavy atom. The SMILES string of the molecule is CC1C2[C@@]1(C(=O)N1CCNC(=O)CC1)SC(N)=N[C@]2(C)c1cc(/C=C(\F)c2ccc(C#N)cn2)ccc1F. The lowest BCUT2D eigenvalue weighted by molar-refractivity contribution is -0.132. The van der Waals surface area contributed by atoms with Crippen LogP contribution in [0.25, 0.3) is 11.9 Å². The van der Waals surface area contributed by atoms with E-state index in [0.717, 1.165) is 0 Å². The van der Waals surface area contributed by atoms with Gasteiger partial charge in [-0.05, 0) is 48.7 Å². The number of hydrogen-bond acceptors (Lipinski definition) is 7. The van der Waals surface area contributed by atoms with Crippen molar-refractivity contribution in [3.05, 3.63) is 64.7 Å². The van der Waals surface area contributed by atoms with E-state index in [1.807, 2.05) is 13.0 Å². The molecular weight excluding hydrogens is 510 g/mol. The third kappa shape index (κ3) is 4.22. The molecule has 2 unspecified atom stereocenters. The Bertz CT molecular complexity index is 1420. The molecule has 3 heterocycles. The number of halogens is 2. The third-order valence-electron chi connectivity index (χ3n) is 7.65. The van der Waals surface area contributed by atoms with E-state index in [1.165, 1.54) is 54.4 Å². The van der Waals surface area contributed by atoms with Crippen LogP contribution in [0.5, 0.6) is 0 Å². The maximum Gasteiger partial charge on any atom is 0.240 e. The molecule has 2 aromatic rings. The summed E-state index contributed by atoms with van der Waals surface area (Å²) in [5, 5.41) is 11.9. The monoisotopic (exact) mass is 536 g/mol. The molecule has 2 amide bonds. The van der Waals surface area contributed by atoms with Crippen LogP contribution in [0.1, 0.15) is 42.7 Å². The molecule has 1 saturated heterocycles. The third-order valence-corrected chi connectivity index (χ3v) is 9.09. The Balaban J connectivity index is 1.49. The highest BCUT2D eigenvalue weighted by atomic mass is 32.2. The molecule has 0 spiro atoms. The number of carbonyl (C=O) groups is 2. The molecule has 1 aliphatic carbocycles. The van der Waals surface area contributed by atoms with E-state index in [9.17, 15) is 14.0 Å². The molecule has 5 rings (SSSR count). The molecule has 38 heavy (non-hydrogen) atoms. The van der Waals surface area contributed by atoms with Gasteiger partial charge in [-0.1, -0.05) is 24.8 Å². The van der Waals surface area contributed by atoms with Crippen molar-refractivity contribution in [1.29, 1.82) is 5.26 Å². The molecule has 1 saturated carbocycles. The lowest BCUT2D eigenvalue weighted by Gasteiger charge is -2.35. The number of nitriles is 1. The molecule has 1 aromatic heterocycles. The van der Waals surface area contributed by atoms with Crippen LogP contribution in [0.3, 0.4) is 0 Å². The van der Waals surface area contributed by atoms with Gasteiger partial charge < -0.3 is 16.0 Å². The zero-order valence-corrected chi connectivity index (χ0v) is 21.7. The molecule has 196 valence electrons. The maximum atomic E-state index is 15.4. The van der Waals surface area contributed by atoms with E-state index < -0.39 is 21.9 Å². The van der Waals surface area contributed by atoms with E-state index in [0.29, 0.717) is 30.8 Å². The largest absolute Gasteiger partial charge is 0.378 e. The van der Waals surface area contributed by atoms with Gasteiger partial charge in [-0.25, -0.2) is 8.78 Å². The first-order valence-electron chi connectivity index (χ1n) is 12.2. The number of fused-ring (bicyclic) bond motifs is 1.